The van der Waals surface area contributed by atoms with E-state index in [0.717, 1.165) is 0 Å². The predicted molar refractivity (Wildman–Crippen MR) is 95.4 cm³/mol. The predicted octanol–water partition coefficient (Wildman–Crippen LogP) is -0.123. The third-order valence-corrected chi connectivity index (χ3v) is 5.98. The number of hydrogen-bond donors (Lipinski definition) is 2. The first-order valence-corrected chi connectivity index (χ1v) is 9.12. The highest BCUT2D eigenvalue weighted by Gasteiger charge is 2.57. The lowest BCUT2D eigenvalue weighted by Crippen LogP contribution is -2.79. The molecule has 1 aromatic carbocycles. The lowest BCUT2D eigenvalue weighted by Gasteiger charge is -2.60. The second kappa shape index (κ2) is 6.31. The largest absolute Gasteiger partial charge is 0.478 e. The van der Waals surface area contributed by atoms with Gasteiger partial charge in [-0.15, -0.1) is 0 Å². The number of fused-ring (bicyclic) bond motifs is 2. The Morgan fingerprint density at radius 2 is 1.74 bits per heavy atom. The molecule has 144 valence electrons. The first-order chi connectivity index (χ1) is 12.8. The van der Waals surface area contributed by atoms with Crippen molar-refractivity contribution in [2.75, 3.05) is 32.7 Å². The molecule has 0 radical (unpaired) electrons. The Labute approximate surface area is 157 Å². The lowest BCUT2D eigenvalue weighted by molar-refractivity contribution is -0.144. The molecule has 1 spiro atoms. The Hall–Kier alpha value is -2.45. The van der Waals surface area contributed by atoms with Crippen LogP contribution in [-0.2, 0) is 4.79 Å². The molecule has 1 aromatic rings. The van der Waals surface area contributed by atoms with Gasteiger partial charge in [0.25, 0.3) is 5.91 Å². The zero-order chi connectivity index (χ0) is 19.3. The molecular weight excluding hydrogens is 350 g/mol. The van der Waals surface area contributed by atoms with Gasteiger partial charge in [0.05, 0.1) is 17.2 Å². The number of amides is 2. The number of aliphatic hydroxyl groups is 1. The smallest absolute Gasteiger partial charge is 0.335 e. The quantitative estimate of drug-likeness (QED) is 0.749. The number of nitrogens with zero attached hydrogens (tertiary/aromatic N) is 3. The van der Waals surface area contributed by atoms with Crippen LogP contribution in [-0.4, -0.2) is 93.1 Å². The van der Waals surface area contributed by atoms with E-state index in [2.05, 4.69) is 4.90 Å². The summed E-state index contributed by atoms with van der Waals surface area (Å²) in [5.74, 6) is -1.27. The molecule has 0 bridgehead atoms. The van der Waals surface area contributed by atoms with Crippen LogP contribution in [0.25, 0.3) is 0 Å². The van der Waals surface area contributed by atoms with Crippen LogP contribution in [0.1, 0.15) is 34.1 Å². The molecule has 8 heteroatoms. The molecule has 3 aliphatic rings. The number of β-amino-alcohol motifs (C(OH)–C–C–N with tert-alkyl or cyclic N) is 1. The van der Waals surface area contributed by atoms with Crippen LogP contribution in [0.5, 0.6) is 0 Å². The van der Waals surface area contributed by atoms with Gasteiger partial charge in [-0.05, 0) is 24.6 Å². The van der Waals surface area contributed by atoms with Crippen molar-refractivity contribution >= 4 is 17.8 Å². The lowest BCUT2D eigenvalue weighted by atomic mass is 9.83. The highest BCUT2D eigenvalue weighted by Crippen LogP contribution is 2.39. The van der Waals surface area contributed by atoms with Crippen molar-refractivity contribution in [1.29, 1.82) is 0 Å². The summed E-state index contributed by atoms with van der Waals surface area (Å²) >= 11 is 0. The molecule has 2 atom stereocenters. The van der Waals surface area contributed by atoms with Crippen LogP contribution in [0, 0.1) is 0 Å². The van der Waals surface area contributed by atoms with Crippen LogP contribution in [0.15, 0.2) is 24.3 Å². The van der Waals surface area contributed by atoms with Gasteiger partial charge in [-0.2, -0.15) is 0 Å². The molecule has 3 aliphatic heterocycles. The average molecular weight is 373 g/mol. The molecule has 2 amide bonds. The van der Waals surface area contributed by atoms with Crippen LogP contribution in [0.2, 0.25) is 0 Å². The van der Waals surface area contributed by atoms with Gasteiger partial charge in [0.15, 0.2) is 0 Å². The molecule has 0 saturated carbocycles. The van der Waals surface area contributed by atoms with Crippen molar-refractivity contribution in [1.82, 2.24) is 14.7 Å². The minimum atomic E-state index is -1.07. The highest BCUT2D eigenvalue weighted by molar-refractivity contribution is 5.98. The second-order valence-corrected chi connectivity index (χ2v) is 7.87. The number of likely N-dealkylation sites (tertiary alicyclic amines) is 1. The highest BCUT2D eigenvalue weighted by atomic mass is 16.4. The fourth-order valence-electron chi connectivity index (χ4n) is 4.71. The van der Waals surface area contributed by atoms with Crippen molar-refractivity contribution in [2.24, 2.45) is 0 Å². The van der Waals surface area contributed by atoms with Crippen LogP contribution in [0.3, 0.4) is 0 Å². The van der Waals surface area contributed by atoms with E-state index in [1.165, 1.54) is 12.1 Å². The number of carboxylic acid groups (broad SMARTS) is 1. The summed E-state index contributed by atoms with van der Waals surface area (Å²) in [5.41, 5.74) is 0.104. The Morgan fingerprint density at radius 1 is 1.07 bits per heavy atom. The molecule has 4 rings (SSSR count). The van der Waals surface area contributed by atoms with Crippen molar-refractivity contribution in [3.63, 3.8) is 0 Å². The van der Waals surface area contributed by atoms with E-state index in [1.807, 2.05) is 4.90 Å². The van der Waals surface area contributed by atoms with Gasteiger partial charge >= 0.3 is 5.97 Å². The minimum Gasteiger partial charge on any atom is -0.478 e. The van der Waals surface area contributed by atoms with E-state index < -0.39 is 12.1 Å². The number of piperazine rings is 1. The summed E-state index contributed by atoms with van der Waals surface area (Å²) in [6.45, 7) is 4.21. The summed E-state index contributed by atoms with van der Waals surface area (Å²) in [7, 11) is 0. The van der Waals surface area contributed by atoms with Crippen LogP contribution < -0.4 is 0 Å². The SMILES string of the molecule is CC(=O)N1C[C@H]2C[C@@H](O)CN2C2(C1)CN(C(=O)c1cccc(C(=O)O)c1)C2. The Bertz CT molecular complexity index is 804. The third-order valence-electron chi connectivity index (χ3n) is 5.98. The van der Waals surface area contributed by atoms with Crippen molar-refractivity contribution < 1.29 is 24.6 Å². The maximum atomic E-state index is 12.8. The van der Waals surface area contributed by atoms with Crippen molar-refractivity contribution in [2.45, 2.75) is 31.0 Å². The number of aromatic carboxylic acids is 1. The third kappa shape index (κ3) is 2.98. The van der Waals surface area contributed by atoms with Gasteiger partial charge in [-0.1, -0.05) is 6.07 Å². The van der Waals surface area contributed by atoms with Gasteiger partial charge in [-0.3, -0.25) is 14.5 Å². The molecule has 0 aliphatic carbocycles. The summed E-state index contributed by atoms with van der Waals surface area (Å²) in [4.78, 5) is 41.6. The first kappa shape index (κ1) is 17.9. The monoisotopic (exact) mass is 373 g/mol. The van der Waals surface area contributed by atoms with Crippen molar-refractivity contribution in [3.05, 3.63) is 35.4 Å². The zero-order valence-electron chi connectivity index (χ0n) is 15.2. The molecule has 0 aromatic heterocycles. The maximum Gasteiger partial charge on any atom is 0.335 e. The summed E-state index contributed by atoms with van der Waals surface area (Å²) in [6.07, 6.45) is 0.232. The number of carbonyl (C=O) groups excluding carboxylic acids is 2. The van der Waals surface area contributed by atoms with E-state index in [4.69, 9.17) is 5.11 Å². The summed E-state index contributed by atoms with van der Waals surface area (Å²) in [6, 6.07) is 6.15. The molecule has 2 N–H and O–H groups in total. The van der Waals surface area contributed by atoms with Crippen molar-refractivity contribution in [3.8, 4) is 0 Å². The van der Waals surface area contributed by atoms with E-state index in [-0.39, 0.29) is 29.0 Å². The zero-order valence-corrected chi connectivity index (χ0v) is 15.2. The van der Waals surface area contributed by atoms with Crippen LogP contribution in [0.4, 0.5) is 0 Å². The first-order valence-electron chi connectivity index (χ1n) is 9.12. The standard InChI is InChI=1S/C19H23N3O5/c1-12(23)20-7-15-6-16(24)8-22(15)19(9-20)10-21(11-19)17(25)13-3-2-4-14(5-13)18(26)27/h2-5,15-16,24H,6-11H2,1H3,(H,26,27)/t15-,16-/m1/s1. The maximum absolute atomic E-state index is 12.8. The normalized spacial score (nSPS) is 26.6. The van der Waals surface area contributed by atoms with E-state index in [0.29, 0.717) is 44.7 Å². The molecule has 3 heterocycles. The topological polar surface area (TPSA) is 101 Å². The average Bonchev–Trinajstić information content (AvgIpc) is 2.98. The van der Waals surface area contributed by atoms with Crippen LogP contribution >= 0.6 is 0 Å². The van der Waals surface area contributed by atoms with Gasteiger partial charge in [0, 0.05) is 51.3 Å². The van der Waals surface area contributed by atoms with Gasteiger partial charge < -0.3 is 20.0 Å². The number of aliphatic hydroxyl groups excluding tert-OH is 1. The second-order valence-electron chi connectivity index (χ2n) is 7.87. The molecule has 0 unspecified atom stereocenters. The Balaban J connectivity index is 1.52. The number of carboxylic acids is 1. The number of benzene rings is 1. The van der Waals surface area contributed by atoms with Gasteiger partial charge in [-0.25, -0.2) is 4.79 Å². The summed E-state index contributed by atoms with van der Waals surface area (Å²) in [5, 5.41) is 19.2. The molecule has 8 nitrogen and oxygen atoms in total. The van der Waals surface area contributed by atoms with E-state index >= 15 is 0 Å². The van der Waals surface area contributed by atoms with E-state index in [9.17, 15) is 19.5 Å². The Morgan fingerprint density at radius 3 is 2.41 bits per heavy atom. The van der Waals surface area contributed by atoms with Gasteiger partial charge in [0.1, 0.15) is 0 Å². The van der Waals surface area contributed by atoms with Gasteiger partial charge in [0.2, 0.25) is 5.91 Å². The van der Waals surface area contributed by atoms with E-state index in [1.54, 1.807) is 24.0 Å². The Kier molecular flexibility index (Phi) is 4.20. The molecule has 3 fully saturated rings. The summed E-state index contributed by atoms with van der Waals surface area (Å²) < 4.78 is 0. The fraction of sp³-hybridized carbons (Fsp3) is 0.526. The minimum absolute atomic E-state index is 0.00866. The number of carbonyl (C=O) groups is 3. The fourth-order valence-corrected chi connectivity index (χ4v) is 4.71. The molecule has 27 heavy (non-hydrogen) atoms. The molecule has 3 saturated heterocycles. The number of rotatable bonds is 2. The number of hydrogen-bond acceptors (Lipinski definition) is 5. The molecular formula is C19H23N3O5.